The fourth-order valence-electron chi connectivity index (χ4n) is 1.04. The summed E-state index contributed by atoms with van der Waals surface area (Å²) in [5, 5.41) is 3.86. The molecule has 1 aromatic rings. The smallest absolute Gasteiger partial charge is 0.243 e. The molecule has 4 heteroatoms. The Morgan fingerprint density at radius 2 is 2.15 bits per heavy atom. The molecule has 0 radical (unpaired) electrons. The first-order valence-corrected chi connectivity index (χ1v) is 4.71. The summed E-state index contributed by atoms with van der Waals surface area (Å²) >= 11 is 0. The van der Waals surface area contributed by atoms with E-state index in [9.17, 15) is 0 Å². The topological polar surface area (TPSA) is 64.9 Å². The quantitative estimate of drug-likeness (QED) is 0.771. The molecule has 0 unspecified atom stereocenters. The molecule has 1 aromatic heterocycles. The fraction of sp³-hybridized carbons (Fsp3) is 0.778. The molecular weight excluding hydrogens is 166 g/mol. The van der Waals surface area contributed by atoms with Gasteiger partial charge in [0, 0.05) is 6.42 Å². The highest BCUT2D eigenvalue weighted by Gasteiger charge is 2.12. The van der Waals surface area contributed by atoms with Crippen LogP contribution in [0.15, 0.2) is 4.52 Å². The van der Waals surface area contributed by atoms with Gasteiger partial charge in [-0.1, -0.05) is 25.9 Å². The van der Waals surface area contributed by atoms with Crippen LogP contribution < -0.4 is 5.73 Å². The van der Waals surface area contributed by atoms with Crippen molar-refractivity contribution < 1.29 is 4.52 Å². The zero-order chi connectivity index (χ0) is 9.84. The third-order valence-electron chi connectivity index (χ3n) is 1.83. The summed E-state index contributed by atoms with van der Waals surface area (Å²) < 4.78 is 5.03. The zero-order valence-corrected chi connectivity index (χ0v) is 8.45. The SMILES string of the molecule is CC[C@H](N)c1nc(CC(C)C)no1. The molecule has 0 amide bonds. The van der Waals surface area contributed by atoms with E-state index in [2.05, 4.69) is 24.0 Å². The predicted molar refractivity (Wildman–Crippen MR) is 50.1 cm³/mol. The van der Waals surface area contributed by atoms with Gasteiger partial charge in [0.2, 0.25) is 5.89 Å². The van der Waals surface area contributed by atoms with Crippen LogP contribution in [-0.4, -0.2) is 10.1 Å². The minimum absolute atomic E-state index is 0.117. The molecule has 0 fully saturated rings. The van der Waals surface area contributed by atoms with Crippen LogP contribution in [0.2, 0.25) is 0 Å². The van der Waals surface area contributed by atoms with Crippen molar-refractivity contribution >= 4 is 0 Å². The Bertz CT molecular complexity index is 257. The van der Waals surface area contributed by atoms with E-state index in [4.69, 9.17) is 10.3 Å². The molecule has 0 saturated heterocycles. The monoisotopic (exact) mass is 183 g/mol. The van der Waals surface area contributed by atoms with Crippen molar-refractivity contribution in [3.63, 3.8) is 0 Å². The predicted octanol–water partition coefficient (Wildman–Crippen LogP) is 1.68. The van der Waals surface area contributed by atoms with Crippen LogP contribution in [0.25, 0.3) is 0 Å². The number of rotatable bonds is 4. The number of nitrogens with two attached hydrogens (primary N) is 1. The van der Waals surface area contributed by atoms with Gasteiger partial charge in [0.15, 0.2) is 5.82 Å². The Balaban J connectivity index is 2.63. The lowest BCUT2D eigenvalue weighted by molar-refractivity contribution is 0.347. The minimum Gasteiger partial charge on any atom is -0.338 e. The van der Waals surface area contributed by atoms with Crippen molar-refractivity contribution in [3.8, 4) is 0 Å². The van der Waals surface area contributed by atoms with Crippen molar-refractivity contribution in [2.75, 3.05) is 0 Å². The molecule has 2 N–H and O–H groups in total. The van der Waals surface area contributed by atoms with E-state index >= 15 is 0 Å². The maximum atomic E-state index is 5.74. The maximum Gasteiger partial charge on any atom is 0.243 e. The van der Waals surface area contributed by atoms with E-state index in [1.165, 1.54) is 0 Å². The van der Waals surface area contributed by atoms with E-state index < -0.39 is 0 Å². The van der Waals surface area contributed by atoms with Gasteiger partial charge in [0.25, 0.3) is 0 Å². The zero-order valence-electron chi connectivity index (χ0n) is 8.45. The normalized spacial score (nSPS) is 13.6. The minimum atomic E-state index is -0.117. The molecule has 0 bridgehead atoms. The first-order valence-electron chi connectivity index (χ1n) is 4.71. The maximum absolute atomic E-state index is 5.74. The second kappa shape index (κ2) is 4.37. The Morgan fingerprint density at radius 3 is 2.69 bits per heavy atom. The summed E-state index contributed by atoms with van der Waals surface area (Å²) in [5.74, 6) is 1.86. The Hall–Kier alpha value is -0.900. The van der Waals surface area contributed by atoms with Gasteiger partial charge >= 0.3 is 0 Å². The third-order valence-corrected chi connectivity index (χ3v) is 1.83. The van der Waals surface area contributed by atoms with Crippen molar-refractivity contribution in [1.82, 2.24) is 10.1 Å². The van der Waals surface area contributed by atoms with Gasteiger partial charge in [0.05, 0.1) is 6.04 Å². The summed E-state index contributed by atoms with van der Waals surface area (Å²) in [6, 6.07) is -0.117. The van der Waals surface area contributed by atoms with Crippen LogP contribution >= 0.6 is 0 Å². The van der Waals surface area contributed by atoms with Gasteiger partial charge in [-0.25, -0.2) is 0 Å². The summed E-state index contributed by atoms with van der Waals surface area (Å²) in [6.45, 7) is 6.24. The molecule has 0 aliphatic carbocycles. The van der Waals surface area contributed by atoms with Gasteiger partial charge in [0.1, 0.15) is 0 Å². The van der Waals surface area contributed by atoms with Crippen LogP contribution in [0.4, 0.5) is 0 Å². The van der Waals surface area contributed by atoms with Gasteiger partial charge in [-0.2, -0.15) is 4.98 Å². The number of hydrogen-bond donors (Lipinski definition) is 1. The summed E-state index contributed by atoms with van der Waals surface area (Å²) in [7, 11) is 0. The Labute approximate surface area is 78.5 Å². The molecule has 0 aromatic carbocycles. The van der Waals surface area contributed by atoms with Crippen LogP contribution in [0.3, 0.4) is 0 Å². The van der Waals surface area contributed by atoms with Gasteiger partial charge in [-0.15, -0.1) is 0 Å². The molecular formula is C9H17N3O. The highest BCUT2D eigenvalue weighted by atomic mass is 16.5. The Kier molecular flexibility index (Phi) is 3.42. The molecule has 1 heterocycles. The molecule has 0 spiro atoms. The number of aromatic nitrogens is 2. The average Bonchev–Trinajstić information content (AvgIpc) is 2.50. The summed E-state index contributed by atoms with van der Waals surface area (Å²) in [4.78, 5) is 4.22. The van der Waals surface area contributed by atoms with Crippen LogP contribution in [0, 0.1) is 5.92 Å². The van der Waals surface area contributed by atoms with E-state index in [0.29, 0.717) is 11.8 Å². The van der Waals surface area contributed by atoms with Crippen molar-refractivity contribution in [2.45, 2.75) is 39.7 Å². The molecule has 1 rings (SSSR count). The third kappa shape index (κ3) is 2.81. The molecule has 1 atom stereocenters. The second-order valence-electron chi connectivity index (χ2n) is 3.66. The molecule has 0 saturated carbocycles. The number of nitrogens with zero attached hydrogens (tertiary/aromatic N) is 2. The van der Waals surface area contributed by atoms with Crippen LogP contribution in [0.5, 0.6) is 0 Å². The van der Waals surface area contributed by atoms with E-state index in [0.717, 1.165) is 18.7 Å². The molecule has 74 valence electrons. The fourth-order valence-corrected chi connectivity index (χ4v) is 1.04. The van der Waals surface area contributed by atoms with Gasteiger partial charge < -0.3 is 10.3 Å². The van der Waals surface area contributed by atoms with E-state index in [1.807, 2.05) is 6.92 Å². The van der Waals surface area contributed by atoms with Gasteiger partial charge in [-0.3, -0.25) is 0 Å². The molecule has 0 aliphatic rings. The van der Waals surface area contributed by atoms with E-state index in [-0.39, 0.29) is 6.04 Å². The molecule has 13 heavy (non-hydrogen) atoms. The largest absolute Gasteiger partial charge is 0.338 e. The lowest BCUT2D eigenvalue weighted by Crippen LogP contribution is -2.09. The lowest BCUT2D eigenvalue weighted by atomic mass is 10.1. The second-order valence-corrected chi connectivity index (χ2v) is 3.66. The average molecular weight is 183 g/mol. The first-order chi connectivity index (χ1) is 6.13. The molecule has 0 aliphatic heterocycles. The first kappa shape index (κ1) is 10.2. The van der Waals surface area contributed by atoms with Crippen molar-refractivity contribution in [2.24, 2.45) is 11.7 Å². The van der Waals surface area contributed by atoms with Gasteiger partial charge in [-0.05, 0) is 12.3 Å². The highest BCUT2D eigenvalue weighted by Crippen LogP contribution is 2.12. The Morgan fingerprint density at radius 1 is 1.46 bits per heavy atom. The molecule has 4 nitrogen and oxygen atoms in total. The van der Waals surface area contributed by atoms with Crippen LogP contribution in [0.1, 0.15) is 44.9 Å². The highest BCUT2D eigenvalue weighted by molar-refractivity contribution is 4.91. The standard InChI is InChI=1S/C9H17N3O/c1-4-7(10)9-11-8(12-13-9)5-6(2)3/h6-7H,4-5,10H2,1-3H3/t7-/m0/s1. The van der Waals surface area contributed by atoms with Crippen LogP contribution in [-0.2, 0) is 6.42 Å². The van der Waals surface area contributed by atoms with Crippen molar-refractivity contribution in [3.05, 3.63) is 11.7 Å². The summed E-state index contributed by atoms with van der Waals surface area (Å²) in [5.41, 5.74) is 5.74. The van der Waals surface area contributed by atoms with E-state index in [1.54, 1.807) is 0 Å². The van der Waals surface area contributed by atoms with Crippen molar-refractivity contribution in [1.29, 1.82) is 0 Å². The number of hydrogen-bond acceptors (Lipinski definition) is 4. The summed E-state index contributed by atoms with van der Waals surface area (Å²) in [6.07, 6.45) is 1.67. The lowest BCUT2D eigenvalue weighted by Gasteiger charge is -1.99.